The molecule has 9 heteroatoms. The van der Waals surface area contributed by atoms with Crippen LogP contribution in [0.5, 0.6) is 5.75 Å². The molecule has 4 rings (SSSR count). The van der Waals surface area contributed by atoms with Gasteiger partial charge in [-0.25, -0.2) is 4.79 Å². The minimum atomic E-state index is -0.882. The standard InChI is InChI=1S/C26H30ClN3O5/c1-17-14-19(8-9-23(17)27)34-18(2)26(33)35-20(15-29-12-10-28(3)11-13-29)16-30-24(31)21-6-4-5-7-22(21)25(30)32/h4-9,14,18,20H,10-13,15-16H2,1-3H3. The van der Waals surface area contributed by atoms with Crippen LogP contribution in [0.1, 0.15) is 33.2 Å². The Hall–Kier alpha value is -2.94. The maximum absolute atomic E-state index is 13.0. The van der Waals surface area contributed by atoms with Crippen molar-refractivity contribution < 1.29 is 23.9 Å². The van der Waals surface area contributed by atoms with Crippen LogP contribution in [0.15, 0.2) is 42.5 Å². The molecule has 0 saturated carbocycles. The molecule has 1 saturated heterocycles. The molecular weight excluding hydrogens is 470 g/mol. The van der Waals surface area contributed by atoms with Crippen molar-refractivity contribution in [1.82, 2.24) is 14.7 Å². The molecule has 2 atom stereocenters. The highest BCUT2D eigenvalue weighted by atomic mass is 35.5. The van der Waals surface area contributed by atoms with E-state index in [9.17, 15) is 14.4 Å². The number of piperazine rings is 1. The molecule has 2 aliphatic heterocycles. The SMILES string of the molecule is Cc1cc(OC(C)C(=O)OC(CN2CCN(C)CC2)CN2C(=O)c3ccccc3C2=O)ccc1Cl. The highest BCUT2D eigenvalue weighted by Gasteiger charge is 2.38. The maximum Gasteiger partial charge on any atom is 0.347 e. The van der Waals surface area contributed by atoms with E-state index < -0.39 is 18.2 Å². The zero-order chi connectivity index (χ0) is 25.1. The fourth-order valence-electron chi connectivity index (χ4n) is 4.26. The number of nitrogens with zero attached hydrogens (tertiary/aromatic N) is 3. The predicted molar refractivity (Wildman–Crippen MR) is 132 cm³/mol. The third kappa shape index (κ3) is 5.83. The Kier molecular flexibility index (Phi) is 7.74. The number of esters is 1. The summed E-state index contributed by atoms with van der Waals surface area (Å²) in [5.41, 5.74) is 1.58. The number of benzene rings is 2. The quantitative estimate of drug-likeness (QED) is 0.408. The molecule has 0 N–H and O–H groups in total. The number of ether oxygens (including phenoxy) is 2. The lowest BCUT2D eigenvalue weighted by Gasteiger charge is -2.35. The number of amides is 2. The molecule has 2 aromatic carbocycles. The van der Waals surface area contributed by atoms with Gasteiger partial charge in [-0.1, -0.05) is 23.7 Å². The number of likely N-dealkylation sites (N-methyl/N-ethyl adjacent to an activating group) is 1. The molecule has 2 aliphatic rings. The van der Waals surface area contributed by atoms with E-state index in [-0.39, 0.29) is 18.4 Å². The lowest BCUT2D eigenvalue weighted by Crippen LogP contribution is -2.51. The van der Waals surface area contributed by atoms with Gasteiger partial charge in [0.05, 0.1) is 17.7 Å². The van der Waals surface area contributed by atoms with E-state index in [1.807, 2.05) is 6.92 Å². The minimum absolute atomic E-state index is 0.0167. The molecule has 0 spiro atoms. The first-order valence-corrected chi connectivity index (χ1v) is 12.1. The van der Waals surface area contributed by atoms with E-state index in [1.165, 1.54) is 4.90 Å². The predicted octanol–water partition coefficient (Wildman–Crippen LogP) is 2.87. The molecule has 2 heterocycles. The summed E-state index contributed by atoms with van der Waals surface area (Å²) in [5, 5.41) is 0.612. The fraction of sp³-hybridized carbons (Fsp3) is 0.423. The number of halogens is 1. The van der Waals surface area contributed by atoms with Gasteiger partial charge in [-0.15, -0.1) is 0 Å². The zero-order valence-corrected chi connectivity index (χ0v) is 21.0. The maximum atomic E-state index is 13.0. The van der Waals surface area contributed by atoms with Gasteiger partial charge >= 0.3 is 5.97 Å². The molecule has 186 valence electrons. The number of fused-ring (bicyclic) bond motifs is 1. The summed E-state index contributed by atoms with van der Waals surface area (Å²) >= 11 is 6.07. The van der Waals surface area contributed by atoms with Crippen molar-refractivity contribution in [2.24, 2.45) is 0 Å². The molecule has 0 radical (unpaired) electrons. The van der Waals surface area contributed by atoms with E-state index in [2.05, 4.69) is 16.8 Å². The molecule has 2 amide bonds. The lowest BCUT2D eigenvalue weighted by atomic mass is 10.1. The Balaban J connectivity index is 1.46. The molecule has 0 aliphatic carbocycles. The van der Waals surface area contributed by atoms with Gasteiger partial charge in [-0.3, -0.25) is 19.4 Å². The van der Waals surface area contributed by atoms with Crippen LogP contribution in [0.4, 0.5) is 0 Å². The van der Waals surface area contributed by atoms with Gasteiger partial charge < -0.3 is 14.4 Å². The first-order chi connectivity index (χ1) is 16.7. The summed E-state index contributed by atoms with van der Waals surface area (Å²) in [6.07, 6.45) is -1.57. The number of hydrogen-bond donors (Lipinski definition) is 0. The number of carbonyl (C=O) groups is 3. The Morgan fingerprint density at radius 2 is 1.63 bits per heavy atom. The van der Waals surface area contributed by atoms with Crippen LogP contribution in [-0.4, -0.2) is 91.0 Å². The monoisotopic (exact) mass is 499 g/mol. The largest absolute Gasteiger partial charge is 0.479 e. The summed E-state index contributed by atoms with van der Waals surface area (Å²) in [7, 11) is 2.06. The van der Waals surface area contributed by atoms with Gasteiger partial charge in [-0.2, -0.15) is 0 Å². The Labute approximate surface area is 210 Å². The molecule has 2 aromatic rings. The lowest BCUT2D eigenvalue weighted by molar-refractivity contribution is -0.158. The van der Waals surface area contributed by atoms with Crippen LogP contribution < -0.4 is 4.74 Å². The second-order valence-corrected chi connectivity index (χ2v) is 9.51. The van der Waals surface area contributed by atoms with Crippen molar-refractivity contribution in [3.8, 4) is 5.75 Å². The Bertz CT molecular complexity index is 1080. The van der Waals surface area contributed by atoms with Crippen molar-refractivity contribution in [3.05, 3.63) is 64.2 Å². The third-order valence-corrected chi connectivity index (χ3v) is 6.80. The van der Waals surface area contributed by atoms with E-state index in [0.717, 1.165) is 31.7 Å². The van der Waals surface area contributed by atoms with Crippen molar-refractivity contribution in [2.75, 3.05) is 46.3 Å². The molecular formula is C26H30ClN3O5. The van der Waals surface area contributed by atoms with Gasteiger partial charge in [0.25, 0.3) is 11.8 Å². The van der Waals surface area contributed by atoms with Crippen molar-refractivity contribution in [1.29, 1.82) is 0 Å². The highest BCUT2D eigenvalue weighted by molar-refractivity contribution is 6.31. The molecule has 1 fully saturated rings. The van der Waals surface area contributed by atoms with Crippen LogP contribution >= 0.6 is 11.6 Å². The van der Waals surface area contributed by atoms with Crippen LogP contribution in [-0.2, 0) is 9.53 Å². The van der Waals surface area contributed by atoms with Gasteiger partial charge in [0.2, 0.25) is 0 Å². The molecule has 0 aromatic heterocycles. The summed E-state index contributed by atoms with van der Waals surface area (Å²) in [4.78, 5) is 44.4. The normalized spacial score (nSPS) is 18.3. The van der Waals surface area contributed by atoms with E-state index >= 15 is 0 Å². The Morgan fingerprint density at radius 1 is 1.00 bits per heavy atom. The number of imide groups is 1. The van der Waals surface area contributed by atoms with Crippen LogP contribution in [0, 0.1) is 6.92 Å². The van der Waals surface area contributed by atoms with E-state index in [1.54, 1.807) is 49.4 Å². The number of hydrogen-bond acceptors (Lipinski definition) is 7. The molecule has 8 nitrogen and oxygen atoms in total. The summed E-state index contributed by atoms with van der Waals surface area (Å²) in [5.74, 6) is -0.794. The average molecular weight is 500 g/mol. The Morgan fingerprint density at radius 3 is 2.23 bits per heavy atom. The summed E-state index contributed by atoms with van der Waals surface area (Å²) < 4.78 is 11.6. The zero-order valence-electron chi connectivity index (χ0n) is 20.2. The second kappa shape index (κ2) is 10.8. The van der Waals surface area contributed by atoms with Crippen molar-refractivity contribution >= 4 is 29.4 Å². The van der Waals surface area contributed by atoms with Crippen LogP contribution in [0.3, 0.4) is 0 Å². The van der Waals surface area contributed by atoms with Crippen molar-refractivity contribution in [3.63, 3.8) is 0 Å². The summed E-state index contributed by atoms with van der Waals surface area (Å²) in [6.45, 7) is 7.27. The number of carbonyl (C=O) groups excluding carboxylic acids is 3. The molecule has 35 heavy (non-hydrogen) atoms. The van der Waals surface area contributed by atoms with Gasteiger partial charge in [0.15, 0.2) is 6.10 Å². The van der Waals surface area contributed by atoms with Gasteiger partial charge in [0.1, 0.15) is 11.9 Å². The first-order valence-electron chi connectivity index (χ1n) is 11.7. The third-order valence-electron chi connectivity index (χ3n) is 6.38. The highest BCUT2D eigenvalue weighted by Crippen LogP contribution is 2.24. The van der Waals surface area contributed by atoms with E-state index in [0.29, 0.717) is 28.4 Å². The van der Waals surface area contributed by atoms with Crippen molar-refractivity contribution in [2.45, 2.75) is 26.1 Å². The number of aryl methyl sites for hydroxylation is 1. The molecule has 2 unspecified atom stereocenters. The van der Waals surface area contributed by atoms with Crippen LogP contribution in [0.25, 0.3) is 0 Å². The average Bonchev–Trinajstić information content (AvgIpc) is 3.07. The second-order valence-electron chi connectivity index (χ2n) is 9.10. The topological polar surface area (TPSA) is 79.4 Å². The fourth-order valence-corrected chi connectivity index (χ4v) is 4.38. The van der Waals surface area contributed by atoms with Gasteiger partial charge in [0, 0.05) is 37.7 Å². The van der Waals surface area contributed by atoms with Crippen LogP contribution in [0.2, 0.25) is 5.02 Å². The minimum Gasteiger partial charge on any atom is -0.479 e. The molecule has 0 bridgehead atoms. The van der Waals surface area contributed by atoms with Gasteiger partial charge in [-0.05, 0) is 56.8 Å². The first kappa shape index (κ1) is 25.2. The van der Waals surface area contributed by atoms with E-state index in [4.69, 9.17) is 21.1 Å². The smallest absolute Gasteiger partial charge is 0.347 e. The summed E-state index contributed by atoms with van der Waals surface area (Å²) in [6, 6.07) is 11.9. The number of rotatable bonds is 8.